The molecule has 1 atom stereocenters. The van der Waals surface area contributed by atoms with Gasteiger partial charge in [0.05, 0.1) is 6.61 Å². The summed E-state index contributed by atoms with van der Waals surface area (Å²) in [7, 11) is 3.84. The van der Waals surface area contributed by atoms with Gasteiger partial charge in [-0.15, -0.1) is 0 Å². The van der Waals surface area contributed by atoms with Gasteiger partial charge in [-0.05, 0) is 31.2 Å². The topological polar surface area (TPSA) is 24.5 Å². The second kappa shape index (κ2) is 7.30. The Hall–Kier alpha value is -1.06. The van der Waals surface area contributed by atoms with Crippen LogP contribution in [0.3, 0.4) is 0 Å². The minimum atomic E-state index is 0.389. The molecule has 0 spiro atoms. The number of anilines is 1. The molecule has 17 heavy (non-hydrogen) atoms. The Kier molecular flexibility index (Phi) is 6.01. The van der Waals surface area contributed by atoms with E-state index in [1.807, 2.05) is 0 Å². The van der Waals surface area contributed by atoms with Crippen molar-refractivity contribution >= 4 is 5.69 Å². The van der Waals surface area contributed by atoms with E-state index in [2.05, 4.69) is 55.4 Å². The Morgan fingerprint density at radius 1 is 1.29 bits per heavy atom. The zero-order chi connectivity index (χ0) is 12.7. The normalized spacial score (nSPS) is 12.5. The van der Waals surface area contributed by atoms with Crippen LogP contribution in [0.4, 0.5) is 5.69 Å². The van der Waals surface area contributed by atoms with Crippen LogP contribution in [0, 0.1) is 0 Å². The molecule has 0 aromatic heterocycles. The summed E-state index contributed by atoms with van der Waals surface area (Å²) in [4.78, 5) is 2.24. The van der Waals surface area contributed by atoms with Gasteiger partial charge in [0.15, 0.2) is 0 Å². The van der Waals surface area contributed by atoms with E-state index in [1.54, 1.807) is 7.11 Å². The molecule has 0 saturated heterocycles. The molecule has 0 heterocycles. The van der Waals surface area contributed by atoms with E-state index in [4.69, 9.17) is 4.74 Å². The highest BCUT2D eigenvalue weighted by molar-refractivity contribution is 5.47. The fourth-order valence-corrected chi connectivity index (χ4v) is 1.73. The summed E-state index contributed by atoms with van der Waals surface area (Å²) in [5.74, 6) is 0. The Bertz CT molecular complexity index is 311. The lowest BCUT2D eigenvalue weighted by Gasteiger charge is -2.26. The number of methoxy groups -OCH3 is 1. The van der Waals surface area contributed by atoms with Gasteiger partial charge in [0.1, 0.15) is 0 Å². The lowest BCUT2D eigenvalue weighted by molar-refractivity contribution is 0.183. The van der Waals surface area contributed by atoms with Crippen molar-refractivity contribution in [1.29, 1.82) is 0 Å². The maximum Gasteiger partial charge on any atom is 0.0663 e. The molecule has 1 N–H and O–H groups in total. The van der Waals surface area contributed by atoms with Crippen molar-refractivity contribution in [2.45, 2.75) is 26.4 Å². The third kappa shape index (κ3) is 4.36. The Balaban J connectivity index is 2.60. The van der Waals surface area contributed by atoms with Gasteiger partial charge in [-0.25, -0.2) is 0 Å². The third-order valence-corrected chi connectivity index (χ3v) is 2.99. The molecule has 1 unspecified atom stereocenters. The van der Waals surface area contributed by atoms with Gasteiger partial charge in [0.25, 0.3) is 0 Å². The molecular weight excluding hydrogens is 212 g/mol. The predicted octanol–water partition coefficient (Wildman–Crippen LogP) is 2.27. The van der Waals surface area contributed by atoms with Crippen molar-refractivity contribution in [2.24, 2.45) is 0 Å². The lowest BCUT2D eigenvalue weighted by Crippen LogP contribution is -2.32. The van der Waals surface area contributed by atoms with Crippen molar-refractivity contribution < 1.29 is 4.74 Å². The van der Waals surface area contributed by atoms with E-state index in [0.29, 0.717) is 6.04 Å². The fourth-order valence-electron chi connectivity index (χ4n) is 1.73. The number of rotatable bonds is 7. The minimum Gasteiger partial charge on any atom is -0.383 e. The molecule has 0 aliphatic carbocycles. The first-order chi connectivity index (χ1) is 8.19. The summed E-state index contributed by atoms with van der Waals surface area (Å²) in [6.45, 7) is 6.97. The van der Waals surface area contributed by atoms with Crippen LogP contribution in [-0.4, -0.2) is 33.4 Å². The minimum absolute atomic E-state index is 0.389. The highest BCUT2D eigenvalue weighted by Gasteiger charge is 2.09. The summed E-state index contributed by atoms with van der Waals surface area (Å²) in [5, 5.41) is 3.32. The Morgan fingerprint density at radius 2 is 1.94 bits per heavy atom. The van der Waals surface area contributed by atoms with Crippen LogP contribution in [0.1, 0.15) is 19.4 Å². The summed E-state index contributed by atoms with van der Waals surface area (Å²) >= 11 is 0. The van der Waals surface area contributed by atoms with Crippen LogP contribution in [0.5, 0.6) is 0 Å². The molecular formula is C14H24N2O. The van der Waals surface area contributed by atoms with Gasteiger partial charge in [-0.2, -0.15) is 0 Å². The molecule has 0 radical (unpaired) electrons. The van der Waals surface area contributed by atoms with Gasteiger partial charge >= 0.3 is 0 Å². The average molecular weight is 236 g/mol. The van der Waals surface area contributed by atoms with E-state index in [9.17, 15) is 0 Å². The van der Waals surface area contributed by atoms with Gasteiger partial charge in [0, 0.05) is 32.4 Å². The first kappa shape index (κ1) is 14.0. The molecule has 3 nitrogen and oxygen atoms in total. The highest BCUT2D eigenvalue weighted by Crippen LogP contribution is 2.16. The quantitative estimate of drug-likeness (QED) is 0.786. The van der Waals surface area contributed by atoms with Crippen LogP contribution >= 0.6 is 0 Å². The van der Waals surface area contributed by atoms with Crippen LogP contribution in [-0.2, 0) is 11.3 Å². The van der Waals surface area contributed by atoms with Crippen molar-refractivity contribution in [3.63, 3.8) is 0 Å². The first-order valence-electron chi connectivity index (χ1n) is 6.20. The SMILES string of the molecule is CCNCc1ccc(N(C)C(C)COC)cc1. The molecule has 96 valence electrons. The van der Waals surface area contributed by atoms with Crippen molar-refractivity contribution in [2.75, 3.05) is 32.2 Å². The molecule has 1 rings (SSSR count). The van der Waals surface area contributed by atoms with Crippen LogP contribution in [0.25, 0.3) is 0 Å². The second-order valence-corrected chi connectivity index (χ2v) is 4.36. The molecule has 3 heteroatoms. The summed E-state index contributed by atoms with van der Waals surface area (Å²) in [6.07, 6.45) is 0. The monoisotopic (exact) mass is 236 g/mol. The van der Waals surface area contributed by atoms with Crippen molar-refractivity contribution in [3.05, 3.63) is 29.8 Å². The summed E-state index contributed by atoms with van der Waals surface area (Å²) in [5.41, 5.74) is 2.55. The fraction of sp³-hybridized carbons (Fsp3) is 0.571. The molecule has 0 amide bonds. The highest BCUT2D eigenvalue weighted by atomic mass is 16.5. The molecule has 1 aromatic rings. The van der Waals surface area contributed by atoms with Gasteiger partial charge in [0.2, 0.25) is 0 Å². The number of nitrogens with one attached hydrogen (secondary N) is 1. The summed E-state index contributed by atoms with van der Waals surface area (Å²) in [6, 6.07) is 9.07. The number of nitrogens with zero attached hydrogens (tertiary/aromatic N) is 1. The van der Waals surface area contributed by atoms with E-state index in [1.165, 1.54) is 11.3 Å². The molecule has 1 aromatic carbocycles. The maximum atomic E-state index is 5.17. The standard InChI is InChI=1S/C14H24N2O/c1-5-15-10-13-6-8-14(9-7-13)16(3)12(2)11-17-4/h6-9,12,15H,5,10-11H2,1-4H3. The van der Waals surface area contributed by atoms with Gasteiger partial charge in [-0.3, -0.25) is 0 Å². The Labute approximate surface area is 105 Å². The van der Waals surface area contributed by atoms with Crippen LogP contribution < -0.4 is 10.2 Å². The molecule has 0 fully saturated rings. The van der Waals surface area contributed by atoms with Crippen LogP contribution in [0.2, 0.25) is 0 Å². The average Bonchev–Trinajstić information content (AvgIpc) is 2.36. The summed E-state index contributed by atoms with van der Waals surface area (Å²) < 4.78 is 5.17. The van der Waals surface area contributed by atoms with E-state index < -0.39 is 0 Å². The zero-order valence-electron chi connectivity index (χ0n) is 11.4. The molecule has 0 saturated carbocycles. The number of likely N-dealkylation sites (N-methyl/N-ethyl adjacent to an activating group) is 1. The molecule has 0 aliphatic heterocycles. The van der Waals surface area contributed by atoms with Crippen LogP contribution in [0.15, 0.2) is 24.3 Å². The molecule has 0 bridgehead atoms. The number of benzene rings is 1. The van der Waals surface area contributed by atoms with Gasteiger partial charge in [-0.1, -0.05) is 19.1 Å². The van der Waals surface area contributed by atoms with Crippen molar-refractivity contribution in [1.82, 2.24) is 5.32 Å². The number of ether oxygens (including phenoxy) is 1. The smallest absolute Gasteiger partial charge is 0.0663 e. The predicted molar refractivity (Wildman–Crippen MR) is 73.6 cm³/mol. The van der Waals surface area contributed by atoms with Gasteiger partial charge < -0.3 is 15.0 Å². The number of hydrogen-bond acceptors (Lipinski definition) is 3. The Morgan fingerprint density at radius 3 is 2.47 bits per heavy atom. The third-order valence-electron chi connectivity index (χ3n) is 2.99. The van der Waals surface area contributed by atoms with E-state index >= 15 is 0 Å². The second-order valence-electron chi connectivity index (χ2n) is 4.36. The maximum absolute atomic E-state index is 5.17. The van der Waals surface area contributed by atoms with E-state index in [-0.39, 0.29) is 0 Å². The lowest BCUT2D eigenvalue weighted by atomic mass is 10.1. The first-order valence-corrected chi connectivity index (χ1v) is 6.20. The van der Waals surface area contributed by atoms with E-state index in [0.717, 1.165) is 19.7 Å². The molecule has 0 aliphatic rings. The largest absolute Gasteiger partial charge is 0.383 e. The zero-order valence-corrected chi connectivity index (χ0v) is 11.4. The van der Waals surface area contributed by atoms with Crippen molar-refractivity contribution in [3.8, 4) is 0 Å². The number of hydrogen-bond donors (Lipinski definition) is 1.